The van der Waals surface area contributed by atoms with E-state index in [0.29, 0.717) is 13.1 Å². The molecule has 0 N–H and O–H groups in total. The van der Waals surface area contributed by atoms with Gasteiger partial charge in [-0.1, -0.05) is 6.07 Å². The molecule has 0 bridgehead atoms. The molecule has 22 heavy (non-hydrogen) atoms. The molecule has 3 rings (SSSR count). The van der Waals surface area contributed by atoms with Crippen molar-refractivity contribution in [3.05, 3.63) is 57.8 Å². The Kier molecular flexibility index (Phi) is 4.49. The number of nitrogens with zero attached hydrogens (tertiary/aromatic N) is 2. The summed E-state index contributed by atoms with van der Waals surface area (Å²) in [6.07, 6.45) is 0. The second kappa shape index (κ2) is 6.54. The fraction of sp³-hybridized carbons (Fsp3) is 0.312. The molecule has 3 nitrogen and oxygen atoms in total. The quantitative estimate of drug-likeness (QED) is 0.867. The molecule has 0 aliphatic carbocycles. The molecule has 0 atom stereocenters. The zero-order valence-corrected chi connectivity index (χ0v) is 12.8. The number of carbonyl (C=O) groups excluding carboxylic acids is 1. The molecule has 0 radical (unpaired) electrons. The average Bonchev–Trinajstić information content (AvgIpc) is 3.03. The van der Waals surface area contributed by atoms with Gasteiger partial charge >= 0.3 is 0 Å². The summed E-state index contributed by atoms with van der Waals surface area (Å²) >= 11 is 1.71. The summed E-state index contributed by atoms with van der Waals surface area (Å²) in [5.41, 5.74) is -0.188. The van der Waals surface area contributed by atoms with Crippen molar-refractivity contribution in [1.29, 1.82) is 0 Å². The van der Waals surface area contributed by atoms with Crippen molar-refractivity contribution in [2.45, 2.75) is 6.54 Å². The summed E-state index contributed by atoms with van der Waals surface area (Å²) in [4.78, 5) is 17.4. The topological polar surface area (TPSA) is 23.6 Å². The first kappa shape index (κ1) is 15.1. The third kappa shape index (κ3) is 3.34. The maximum absolute atomic E-state index is 13.7. The van der Waals surface area contributed by atoms with E-state index < -0.39 is 17.5 Å². The summed E-state index contributed by atoms with van der Waals surface area (Å²) in [6.45, 7) is 3.40. The molecule has 1 aliphatic heterocycles. The molecule has 1 aromatic heterocycles. The first-order chi connectivity index (χ1) is 10.6. The highest BCUT2D eigenvalue weighted by Gasteiger charge is 2.24. The third-order valence-corrected chi connectivity index (χ3v) is 4.64. The van der Waals surface area contributed by atoms with Crippen LogP contribution in [0, 0.1) is 11.6 Å². The number of hydrogen-bond acceptors (Lipinski definition) is 3. The summed E-state index contributed by atoms with van der Waals surface area (Å²) in [6, 6.07) is 7.09. The lowest BCUT2D eigenvalue weighted by atomic mass is 10.1. The minimum absolute atomic E-state index is 0.188. The fourth-order valence-corrected chi connectivity index (χ4v) is 3.31. The van der Waals surface area contributed by atoms with Crippen LogP contribution >= 0.6 is 11.3 Å². The smallest absolute Gasteiger partial charge is 0.257 e. The summed E-state index contributed by atoms with van der Waals surface area (Å²) in [7, 11) is 0. The zero-order chi connectivity index (χ0) is 15.5. The number of rotatable bonds is 3. The van der Waals surface area contributed by atoms with Crippen molar-refractivity contribution < 1.29 is 13.6 Å². The molecule has 0 saturated carbocycles. The van der Waals surface area contributed by atoms with Crippen molar-refractivity contribution in [2.24, 2.45) is 0 Å². The predicted octanol–water partition coefficient (Wildman–Crippen LogP) is 2.98. The lowest BCUT2D eigenvalue weighted by Gasteiger charge is -2.34. The van der Waals surface area contributed by atoms with Gasteiger partial charge in [-0.15, -0.1) is 11.3 Å². The van der Waals surface area contributed by atoms with Gasteiger partial charge in [0.1, 0.15) is 11.6 Å². The van der Waals surface area contributed by atoms with Crippen LogP contribution in [-0.2, 0) is 6.54 Å². The van der Waals surface area contributed by atoms with Gasteiger partial charge in [0, 0.05) is 37.6 Å². The Balaban J connectivity index is 1.61. The zero-order valence-electron chi connectivity index (χ0n) is 12.0. The molecular weight excluding hydrogens is 306 g/mol. The Labute approximate surface area is 131 Å². The molecule has 1 amide bonds. The van der Waals surface area contributed by atoms with Gasteiger partial charge in [-0.3, -0.25) is 9.69 Å². The molecule has 2 heterocycles. The summed E-state index contributed by atoms with van der Waals surface area (Å²) < 4.78 is 26.9. The second-order valence-electron chi connectivity index (χ2n) is 5.27. The molecule has 6 heteroatoms. The lowest BCUT2D eigenvalue weighted by molar-refractivity contribution is 0.0624. The number of benzene rings is 1. The van der Waals surface area contributed by atoms with Gasteiger partial charge < -0.3 is 4.90 Å². The number of amides is 1. The number of hydrogen-bond donors (Lipinski definition) is 0. The van der Waals surface area contributed by atoms with Crippen LogP contribution in [-0.4, -0.2) is 41.9 Å². The van der Waals surface area contributed by atoms with Gasteiger partial charge in [0.15, 0.2) is 0 Å². The molecule has 2 aromatic rings. The summed E-state index contributed by atoms with van der Waals surface area (Å²) in [5.74, 6) is -1.71. The number of piperazine rings is 1. The number of carbonyl (C=O) groups is 1. The second-order valence-corrected chi connectivity index (χ2v) is 6.30. The van der Waals surface area contributed by atoms with Crippen molar-refractivity contribution in [1.82, 2.24) is 9.80 Å². The van der Waals surface area contributed by atoms with E-state index in [1.807, 2.05) is 11.4 Å². The minimum atomic E-state index is -0.674. The summed E-state index contributed by atoms with van der Waals surface area (Å²) in [5, 5.41) is 2.04. The van der Waals surface area contributed by atoms with E-state index in [1.54, 1.807) is 16.2 Å². The fourth-order valence-electron chi connectivity index (χ4n) is 2.56. The van der Waals surface area contributed by atoms with E-state index >= 15 is 0 Å². The van der Waals surface area contributed by atoms with E-state index in [4.69, 9.17) is 0 Å². The minimum Gasteiger partial charge on any atom is -0.336 e. The van der Waals surface area contributed by atoms with Crippen LogP contribution in [0.4, 0.5) is 8.78 Å². The number of halogens is 2. The molecular formula is C16H16F2N2OS. The first-order valence-electron chi connectivity index (χ1n) is 7.12. The van der Waals surface area contributed by atoms with Crippen LogP contribution in [0.2, 0.25) is 0 Å². The van der Waals surface area contributed by atoms with E-state index in [0.717, 1.165) is 37.8 Å². The van der Waals surface area contributed by atoms with Gasteiger partial charge in [0.05, 0.1) is 5.56 Å². The number of thiophene rings is 1. The van der Waals surface area contributed by atoms with E-state index in [9.17, 15) is 13.6 Å². The highest BCUT2D eigenvalue weighted by Crippen LogP contribution is 2.16. The molecule has 0 unspecified atom stereocenters. The Morgan fingerprint density at radius 1 is 1.14 bits per heavy atom. The van der Waals surface area contributed by atoms with Crippen LogP contribution in [0.5, 0.6) is 0 Å². The van der Waals surface area contributed by atoms with Crippen LogP contribution in [0.1, 0.15) is 15.2 Å². The van der Waals surface area contributed by atoms with E-state index in [-0.39, 0.29) is 5.56 Å². The predicted molar refractivity (Wildman–Crippen MR) is 81.9 cm³/mol. The highest BCUT2D eigenvalue weighted by molar-refractivity contribution is 7.09. The Morgan fingerprint density at radius 3 is 2.59 bits per heavy atom. The Hall–Kier alpha value is -1.79. The van der Waals surface area contributed by atoms with Crippen molar-refractivity contribution in [2.75, 3.05) is 26.2 Å². The van der Waals surface area contributed by atoms with Crippen molar-refractivity contribution in [3.63, 3.8) is 0 Å². The third-order valence-electron chi connectivity index (χ3n) is 3.78. The van der Waals surface area contributed by atoms with Crippen LogP contribution in [0.15, 0.2) is 35.7 Å². The molecule has 1 aliphatic rings. The normalized spacial score (nSPS) is 16.0. The maximum atomic E-state index is 13.7. The van der Waals surface area contributed by atoms with Crippen LogP contribution in [0.25, 0.3) is 0 Å². The van der Waals surface area contributed by atoms with Gasteiger partial charge in [-0.25, -0.2) is 8.78 Å². The standard InChI is InChI=1S/C16H16F2N2OS/c17-12-3-4-15(18)14(10-12)16(21)20-7-5-19(6-8-20)11-13-2-1-9-22-13/h1-4,9-10H,5-8,11H2. The van der Waals surface area contributed by atoms with Crippen molar-refractivity contribution in [3.8, 4) is 0 Å². The molecule has 0 spiro atoms. The Morgan fingerprint density at radius 2 is 1.91 bits per heavy atom. The van der Waals surface area contributed by atoms with Crippen LogP contribution in [0.3, 0.4) is 0 Å². The molecule has 1 saturated heterocycles. The molecule has 1 fully saturated rings. The van der Waals surface area contributed by atoms with Gasteiger partial charge in [-0.2, -0.15) is 0 Å². The first-order valence-corrected chi connectivity index (χ1v) is 8.00. The average molecular weight is 322 g/mol. The van der Waals surface area contributed by atoms with Crippen molar-refractivity contribution >= 4 is 17.2 Å². The van der Waals surface area contributed by atoms with E-state index in [1.165, 1.54) is 4.88 Å². The van der Waals surface area contributed by atoms with E-state index in [2.05, 4.69) is 11.0 Å². The van der Waals surface area contributed by atoms with Gasteiger partial charge in [0.2, 0.25) is 0 Å². The Bertz CT molecular complexity index is 652. The maximum Gasteiger partial charge on any atom is 0.257 e. The van der Waals surface area contributed by atoms with Gasteiger partial charge in [-0.05, 0) is 29.6 Å². The van der Waals surface area contributed by atoms with Crippen LogP contribution < -0.4 is 0 Å². The SMILES string of the molecule is O=C(c1cc(F)ccc1F)N1CCN(Cc2cccs2)CC1. The molecule has 1 aromatic carbocycles. The monoisotopic (exact) mass is 322 g/mol. The molecule has 116 valence electrons. The lowest BCUT2D eigenvalue weighted by Crippen LogP contribution is -2.48. The highest BCUT2D eigenvalue weighted by atomic mass is 32.1. The largest absolute Gasteiger partial charge is 0.336 e. The van der Waals surface area contributed by atoms with Gasteiger partial charge in [0.25, 0.3) is 5.91 Å².